The van der Waals surface area contributed by atoms with Gasteiger partial charge in [-0.2, -0.15) is 0 Å². The van der Waals surface area contributed by atoms with Crippen LogP contribution in [0.25, 0.3) is 11.5 Å². The van der Waals surface area contributed by atoms with Crippen LogP contribution in [-0.4, -0.2) is 39.0 Å². The second-order valence-electron chi connectivity index (χ2n) is 6.01. The Morgan fingerprint density at radius 1 is 1.32 bits per heavy atom. The first-order chi connectivity index (χ1) is 11.8. The number of rotatable bonds is 5. The Morgan fingerprint density at radius 2 is 2.00 bits per heavy atom. The first-order valence-corrected chi connectivity index (χ1v) is 8.53. The molecule has 1 heterocycles. The maximum absolute atomic E-state index is 12.9. The molecular weight excluding hydrogens is 367 g/mol. The first kappa shape index (κ1) is 17.8. The third kappa shape index (κ3) is 3.50. The van der Waals surface area contributed by atoms with E-state index in [0.717, 1.165) is 12.8 Å². The van der Waals surface area contributed by atoms with Gasteiger partial charge in [-0.1, -0.05) is 23.2 Å². The van der Waals surface area contributed by atoms with Crippen molar-refractivity contribution in [2.24, 2.45) is 0 Å². The van der Waals surface area contributed by atoms with Gasteiger partial charge in [0.15, 0.2) is 5.69 Å². The lowest BCUT2D eigenvalue weighted by Crippen LogP contribution is -2.45. The fourth-order valence-electron chi connectivity index (χ4n) is 2.60. The molecule has 1 unspecified atom stereocenters. The molecule has 1 aliphatic carbocycles. The summed E-state index contributed by atoms with van der Waals surface area (Å²) in [6.07, 6.45) is 1.58. The summed E-state index contributed by atoms with van der Waals surface area (Å²) in [6, 6.07) is 3.91. The molecular formula is C17H16Cl2N2O4. The molecule has 1 saturated carbocycles. The highest BCUT2D eigenvalue weighted by Gasteiger charge is 2.40. The Bertz CT molecular complexity index is 845. The van der Waals surface area contributed by atoms with Crippen LogP contribution in [0.3, 0.4) is 0 Å². The summed E-state index contributed by atoms with van der Waals surface area (Å²) in [5.74, 6) is -0.927. The number of hydrogen-bond acceptors (Lipinski definition) is 4. The maximum atomic E-state index is 12.9. The quantitative estimate of drug-likeness (QED) is 0.843. The van der Waals surface area contributed by atoms with Gasteiger partial charge in [-0.25, -0.2) is 9.78 Å². The number of nitrogens with zero attached hydrogens (tertiary/aromatic N) is 2. The zero-order valence-electron chi connectivity index (χ0n) is 13.6. The van der Waals surface area contributed by atoms with Crippen LogP contribution in [-0.2, 0) is 4.79 Å². The van der Waals surface area contributed by atoms with Gasteiger partial charge in [0.05, 0.1) is 10.0 Å². The molecule has 1 aliphatic rings. The van der Waals surface area contributed by atoms with Crippen molar-refractivity contribution in [3.63, 3.8) is 0 Å². The lowest BCUT2D eigenvalue weighted by molar-refractivity contribution is -0.141. The van der Waals surface area contributed by atoms with E-state index in [1.165, 1.54) is 11.8 Å². The standard InChI is InChI=1S/C17H16Cl2N2O4/c1-8(17(23)24)21(11-4-5-11)16(22)14-9(2)25-15(20-14)10-3-6-12(18)13(19)7-10/h3,6-8,11H,4-5H2,1-2H3,(H,23,24). The molecule has 25 heavy (non-hydrogen) atoms. The number of hydrogen-bond donors (Lipinski definition) is 1. The summed E-state index contributed by atoms with van der Waals surface area (Å²) >= 11 is 11.9. The molecule has 0 spiro atoms. The molecule has 1 aromatic carbocycles. The molecule has 1 aromatic heterocycles. The van der Waals surface area contributed by atoms with E-state index in [-0.39, 0.29) is 17.6 Å². The number of aryl methyl sites for hydroxylation is 1. The van der Waals surface area contributed by atoms with Gasteiger partial charge in [0, 0.05) is 11.6 Å². The minimum atomic E-state index is -1.05. The van der Waals surface area contributed by atoms with Crippen molar-refractivity contribution in [1.82, 2.24) is 9.88 Å². The molecule has 0 bridgehead atoms. The van der Waals surface area contributed by atoms with Gasteiger partial charge in [0.2, 0.25) is 5.89 Å². The van der Waals surface area contributed by atoms with Crippen molar-refractivity contribution < 1.29 is 19.1 Å². The summed E-state index contributed by atoms with van der Waals surface area (Å²) < 4.78 is 5.60. The van der Waals surface area contributed by atoms with Crippen LogP contribution in [0.5, 0.6) is 0 Å². The molecule has 3 rings (SSSR count). The zero-order valence-corrected chi connectivity index (χ0v) is 15.1. The van der Waals surface area contributed by atoms with E-state index in [4.69, 9.17) is 27.6 Å². The van der Waals surface area contributed by atoms with E-state index < -0.39 is 17.9 Å². The third-order valence-corrected chi connectivity index (χ3v) is 4.85. The van der Waals surface area contributed by atoms with E-state index in [2.05, 4.69) is 4.98 Å². The number of carbonyl (C=O) groups excluding carboxylic acids is 1. The average molecular weight is 383 g/mol. The van der Waals surface area contributed by atoms with E-state index >= 15 is 0 Å². The van der Waals surface area contributed by atoms with Crippen LogP contribution in [0.2, 0.25) is 10.0 Å². The van der Waals surface area contributed by atoms with E-state index in [1.54, 1.807) is 25.1 Å². The predicted octanol–water partition coefficient (Wildman–Crippen LogP) is 4.03. The van der Waals surface area contributed by atoms with Gasteiger partial charge in [-0.15, -0.1) is 0 Å². The fourth-order valence-corrected chi connectivity index (χ4v) is 2.90. The molecule has 1 atom stereocenters. The molecule has 0 radical (unpaired) electrons. The molecule has 1 fully saturated rings. The summed E-state index contributed by atoms with van der Waals surface area (Å²) in [5, 5.41) is 10.0. The highest BCUT2D eigenvalue weighted by molar-refractivity contribution is 6.42. The number of carboxylic acids is 1. The normalized spacial score (nSPS) is 15.0. The molecule has 1 amide bonds. The van der Waals surface area contributed by atoms with Crippen LogP contribution >= 0.6 is 23.2 Å². The minimum Gasteiger partial charge on any atom is -0.480 e. The third-order valence-electron chi connectivity index (χ3n) is 4.12. The Morgan fingerprint density at radius 3 is 2.56 bits per heavy atom. The van der Waals surface area contributed by atoms with Gasteiger partial charge in [-0.3, -0.25) is 4.79 Å². The number of benzene rings is 1. The van der Waals surface area contributed by atoms with Crippen LogP contribution in [0.1, 0.15) is 36.0 Å². The molecule has 6 nitrogen and oxygen atoms in total. The van der Waals surface area contributed by atoms with E-state index in [1.807, 2.05) is 0 Å². The van der Waals surface area contributed by atoms with Crippen LogP contribution in [0.15, 0.2) is 22.6 Å². The minimum absolute atomic E-state index is 0.0665. The number of amides is 1. The van der Waals surface area contributed by atoms with E-state index in [0.29, 0.717) is 21.4 Å². The molecule has 0 aliphatic heterocycles. The van der Waals surface area contributed by atoms with Gasteiger partial charge in [0.1, 0.15) is 11.8 Å². The fraction of sp³-hybridized carbons (Fsp3) is 0.353. The predicted molar refractivity (Wildman–Crippen MR) is 93.0 cm³/mol. The Labute approximate surface area is 154 Å². The Balaban J connectivity index is 1.94. The van der Waals surface area contributed by atoms with Gasteiger partial charge in [0.25, 0.3) is 5.91 Å². The highest BCUT2D eigenvalue weighted by atomic mass is 35.5. The summed E-state index contributed by atoms with van der Waals surface area (Å²) in [5.41, 5.74) is 0.696. The second kappa shape index (κ2) is 6.69. The second-order valence-corrected chi connectivity index (χ2v) is 6.82. The summed E-state index contributed by atoms with van der Waals surface area (Å²) in [6.45, 7) is 3.12. The van der Waals surface area contributed by atoms with Crippen molar-refractivity contribution in [2.45, 2.75) is 38.8 Å². The number of carbonyl (C=O) groups is 2. The maximum Gasteiger partial charge on any atom is 0.326 e. The van der Waals surface area contributed by atoms with Crippen molar-refractivity contribution in [3.05, 3.63) is 39.7 Å². The van der Waals surface area contributed by atoms with Gasteiger partial charge < -0.3 is 14.4 Å². The van der Waals surface area contributed by atoms with Gasteiger partial charge in [-0.05, 0) is 44.9 Å². The van der Waals surface area contributed by atoms with Crippen LogP contribution < -0.4 is 0 Å². The summed E-state index contributed by atoms with van der Waals surface area (Å²) in [4.78, 5) is 29.8. The number of halogens is 2. The highest BCUT2D eigenvalue weighted by Crippen LogP contribution is 2.33. The summed E-state index contributed by atoms with van der Waals surface area (Å²) in [7, 11) is 0. The van der Waals surface area contributed by atoms with Crippen molar-refractivity contribution in [2.75, 3.05) is 0 Å². The SMILES string of the molecule is Cc1oc(-c2ccc(Cl)c(Cl)c2)nc1C(=O)N(C1CC1)C(C)C(=O)O. The molecule has 1 N–H and O–H groups in total. The zero-order chi connectivity index (χ0) is 18.3. The van der Waals surface area contributed by atoms with Crippen molar-refractivity contribution in [1.29, 1.82) is 0 Å². The average Bonchev–Trinajstić information content (AvgIpc) is 3.31. The number of aromatic nitrogens is 1. The van der Waals surface area contributed by atoms with Crippen molar-refractivity contribution in [3.8, 4) is 11.5 Å². The lowest BCUT2D eigenvalue weighted by atomic mass is 10.2. The largest absolute Gasteiger partial charge is 0.480 e. The van der Waals surface area contributed by atoms with Gasteiger partial charge >= 0.3 is 5.97 Å². The van der Waals surface area contributed by atoms with Crippen molar-refractivity contribution >= 4 is 35.1 Å². The number of aliphatic carboxylic acids is 1. The van der Waals surface area contributed by atoms with E-state index in [9.17, 15) is 14.7 Å². The number of carboxylic acid groups (broad SMARTS) is 1. The Kier molecular flexibility index (Phi) is 4.75. The topological polar surface area (TPSA) is 83.6 Å². The lowest BCUT2D eigenvalue weighted by Gasteiger charge is -2.25. The van der Waals surface area contributed by atoms with Crippen LogP contribution in [0.4, 0.5) is 0 Å². The number of oxazole rings is 1. The monoisotopic (exact) mass is 382 g/mol. The Hall–Kier alpha value is -2.05. The first-order valence-electron chi connectivity index (χ1n) is 7.78. The molecule has 2 aromatic rings. The van der Waals surface area contributed by atoms with Crippen LogP contribution in [0, 0.1) is 6.92 Å². The molecule has 0 saturated heterocycles. The molecule has 8 heteroatoms. The smallest absolute Gasteiger partial charge is 0.326 e. The molecule has 132 valence electrons.